The van der Waals surface area contributed by atoms with Crippen molar-refractivity contribution in [3.63, 3.8) is 0 Å². The highest BCUT2D eigenvalue weighted by Crippen LogP contribution is 2.06. The van der Waals surface area contributed by atoms with E-state index in [1.807, 2.05) is 0 Å². The summed E-state index contributed by atoms with van der Waals surface area (Å²) in [7, 11) is 4.15. The second-order valence-electron chi connectivity index (χ2n) is 3.76. The average molecular weight is 189 g/mol. The van der Waals surface area contributed by atoms with Crippen LogP contribution in [-0.2, 0) is 6.42 Å². The molecule has 0 unspecified atom stereocenters. The maximum atomic E-state index is 2.19. The van der Waals surface area contributed by atoms with Crippen molar-refractivity contribution >= 4 is 6.08 Å². The molecule has 1 nitrogen and oxygen atoms in total. The Bertz CT molecular complexity index is 283. The molecule has 76 valence electrons. The van der Waals surface area contributed by atoms with Crippen molar-refractivity contribution in [3.8, 4) is 0 Å². The molecule has 1 rings (SSSR count). The van der Waals surface area contributed by atoms with Crippen LogP contribution in [-0.4, -0.2) is 25.5 Å². The van der Waals surface area contributed by atoms with E-state index < -0.39 is 0 Å². The Kier molecular flexibility index (Phi) is 4.41. The van der Waals surface area contributed by atoms with Gasteiger partial charge < -0.3 is 4.90 Å². The molecule has 0 aliphatic carbocycles. The molecule has 0 amide bonds. The van der Waals surface area contributed by atoms with Gasteiger partial charge in [0.15, 0.2) is 0 Å². The number of aryl methyl sites for hydroxylation is 1. The molecular weight excluding hydrogens is 170 g/mol. The molecule has 0 radical (unpaired) electrons. The molecular formula is C13H19N. The third kappa shape index (κ3) is 3.75. The van der Waals surface area contributed by atoms with Gasteiger partial charge >= 0.3 is 0 Å². The zero-order valence-corrected chi connectivity index (χ0v) is 9.33. The lowest BCUT2D eigenvalue weighted by Crippen LogP contribution is -2.10. The van der Waals surface area contributed by atoms with Crippen molar-refractivity contribution in [3.05, 3.63) is 41.5 Å². The molecule has 0 saturated carbocycles. The van der Waals surface area contributed by atoms with E-state index in [9.17, 15) is 0 Å². The molecule has 0 atom stereocenters. The Hall–Kier alpha value is -1.08. The van der Waals surface area contributed by atoms with Crippen LogP contribution in [0.2, 0.25) is 0 Å². The second kappa shape index (κ2) is 5.61. The second-order valence-corrected chi connectivity index (χ2v) is 3.76. The zero-order chi connectivity index (χ0) is 10.4. The summed E-state index contributed by atoms with van der Waals surface area (Å²) >= 11 is 0. The van der Waals surface area contributed by atoms with Crippen molar-refractivity contribution in [2.45, 2.75) is 13.3 Å². The number of hydrogen-bond donors (Lipinski definition) is 0. The van der Waals surface area contributed by atoms with E-state index in [2.05, 4.69) is 62.3 Å². The summed E-state index contributed by atoms with van der Waals surface area (Å²) in [6.45, 7) is 3.17. The lowest BCUT2D eigenvalue weighted by Gasteiger charge is -2.03. The summed E-state index contributed by atoms with van der Waals surface area (Å²) in [5, 5.41) is 0. The first kappa shape index (κ1) is 11.0. The van der Waals surface area contributed by atoms with Gasteiger partial charge in [0.1, 0.15) is 0 Å². The Morgan fingerprint density at radius 1 is 1.14 bits per heavy atom. The fraction of sp³-hybridized carbons (Fsp3) is 0.385. The molecule has 0 N–H and O–H groups in total. The van der Waals surface area contributed by atoms with Crippen LogP contribution in [0.15, 0.2) is 30.3 Å². The molecule has 0 aromatic heterocycles. The molecule has 14 heavy (non-hydrogen) atoms. The minimum absolute atomic E-state index is 0.996. The van der Waals surface area contributed by atoms with E-state index in [0.29, 0.717) is 0 Å². The van der Waals surface area contributed by atoms with Crippen molar-refractivity contribution in [1.82, 2.24) is 4.90 Å². The highest BCUT2D eigenvalue weighted by Gasteiger charge is 1.89. The third-order valence-electron chi connectivity index (χ3n) is 2.17. The third-order valence-corrected chi connectivity index (χ3v) is 2.17. The minimum atomic E-state index is 0.996. The molecule has 0 aliphatic rings. The first-order chi connectivity index (χ1) is 6.72. The highest BCUT2D eigenvalue weighted by molar-refractivity contribution is 5.49. The molecule has 1 aromatic carbocycles. The largest absolute Gasteiger partial charge is 0.306 e. The van der Waals surface area contributed by atoms with Gasteiger partial charge in [-0.1, -0.05) is 43.3 Å². The lowest BCUT2D eigenvalue weighted by atomic mass is 10.1. The zero-order valence-electron chi connectivity index (χ0n) is 9.33. The molecule has 0 saturated heterocycles. The summed E-state index contributed by atoms with van der Waals surface area (Å²) in [5.74, 6) is 0. The van der Waals surface area contributed by atoms with Crippen molar-refractivity contribution in [2.24, 2.45) is 0 Å². The predicted octanol–water partition coefficient (Wildman–Crippen LogP) is 2.82. The van der Waals surface area contributed by atoms with E-state index in [1.165, 1.54) is 11.1 Å². The fourth-order valence-electron chi connectivity index (χ4n) is 1.26. The van der Waals surface area contributed by atoms with Gasteiger partial charge in [-0.2, -0.15) is 0 Å². The van der Waals surface area contributed by atoms with Crippen LogP contribution in [0, 0.1) is 0 Å². The standard InChI is InChI=1S/C13H19N/c1-4-12-7-9-13(10-8-12)6-5-11-14(2)3/h5-10H,4,11H2,1-3H3/b6-5-. The summed E-state index contributed by atoms with van der Waals surface area (Å²) in [6, 6.07) is 8.72. The Morgan fingerprint density at radius 2 is 1.79 bits per heavy atom. The Labute approximate surface area is 87.1 Å². The predicted molar refractivity (Wildman–Crippen MR) is 63.4 cm³/mol. The average Bonchev–Trinajstić information content (AvgIpc) is 2.18. The van der Waals surface area contributed by atoms with Gasteiger partial charge in [0, 0.05) is 6.54 Å². The quantitative estimate of drug-likeness (QED) is 0.704. The summed E-state index contributed by atoms with van der Waals surface area (Å²) in [5.41, 5.74) is 2.68. The van der Waals surface area contributed by atoms with Gasteiger partial charge in [0.05, 0.1) is 0 Å². The van der Waals surface area contributed by atoms with Crippen LogP contribution >= 0.6 is 0 Å². The van der Waals surface area contributed by atoms with Crippen LogP contribution in [0.1, 0.15) is 18.1 Å². The Balaban J connectivity index is 2.55. The summed E-state index contributed by atoms with van der Waals surface area (Å²) < 4.78 is 0. The minimum Gasteiger partial charge on any atom is -0.306 e. The molecule has 1 heteroatoms. The molecule has 0 bridgehead atoms. The normalized spacial score (nSPS) is 11.4. The van der Waals surface area contributed by atoms with Crippen LogP contribution < -0.4 is 0 Å². The number of benzene rings is 1. The van der Waals surface area contributed by atoms with E-state index in [-0.39, 0.29) is 0 Å². The van der Waals surface area contributed by atoms with E-state index >= 15 is 0 Å². The molecule has 0 fully saturated rings. The van der Waals surface area contributed by atoms with E-state index in [1.54, 1.807) is 0 Å². The first-order valence-corrected chi connectivity index (χ1v) is 5.12. The van der Waals surface area contributed by atoms with Crippen LogP contribution in [0.25, 0.3) is 6.08 Å². The Morgan fingerprint density at radius 3 is 2.29 bits per heavy atom. The van der Waals surface area contributed by atoms with Gasteiger partial charge in [-0.25, -0.2) is 0 Å². The van der Waals surface area contributed by atoms with Gasteiger partial charge in [-0.3, -0.25) is 0 Å². The van der Waals surface area contributed by atoms with Crippen LogP contribution in [0.4, 0.5) is 0 Å². The molecule has 0 aliphatic heterocycles. The molecule has 0 spiro atoms. The van der Waals surface area contributed by atoms with Gasteiger partial charge in [0.25, 0.3) is 0 Å². The van der Waals surface area contributed by atoms with Crippen molar-refractivity contribution in [1.29, 1.82) is 0 Å². The monoisotopic (exact) mass is 189 g/mol. The van der Waals surface area contributed by atoms with Crippen molar-refractivity contribution < 1.29 is 0 Å². The maximum Gasteiger partial charge on any atom is 0.0160 e. The molecule has 1 aromatic rings. The smallest absolute Gasteiger partial charge is 0.0160 e. The van der Waals surface area contributed by atoms with Crippen molar-refractivity contribution in [2.75, 3.05) is 20.6 Å². The van der Waals surface area contributed by atoms with Gasteiger partial charge in [-0.15, -0.1) is 0 Å². The van der Waals surface area contributed by atoms with Crippen LogP contribution in [0.5, 0.6) is 0 Å². The number of hydrogen-bond acceptors (Lipinski definition) is 1. The topological polar surface area (TPSA) is 3.24 Å². The van der Waals surface area contributed by atoms with Crippen LogP contribution in [0.3, 0.4) is 0 Å². The fourth-order valence-corrected chi connectivity index (χ4v) is 1.26. The number of likely N-dealkylation sites (N-methyl/N-ethyl adjacent to an activating group) is 1. The number of nitrogens with zero attached hydrogens (tertiary/aromatic N) is 1. The SMILES string of the molecule is CCc1ccc(/C=C\CN(C)C)cc1. The summed E-state index contributed by atoms with van der Waals surface area (Å²) in [4.78, 5) is 2.15. The summed E-state index contributed by atoms with van der Waals surface area (Å²) in [6.07, 6.45) is 5.46. The molecule has 0 heterocycles. The van der Waals surface area contributed by atoms with Gasteiger partial charge in [0.2, 0.25) is 0 Å². The highest BCUT2D eigenvalue weighted by atomic mass is 15.0. The number of rotatable bonds is 4. The van der Waals surface area contributed by atoms with E-state index in [0.717, 1.165) is 13.0 Å². The maximum absolute atomic E-state index is 2.19. The lowest BCUT2D eigenvalue weighted by molar-refractivity contribution is 0.457. The van der Waals surface area contributed by atoms with E-state index in [4.69, 9.17) is 0 Å². The van der Waals surface area contributed by atoms with Gasteiger partial charge in [-0.05, 0) is 31.6 Å². The first-order valence-electron chi connectivity index (χ1n) is 5.12.